The molecule has 0 bridgehead atoms. The van der Waals surface area contributed by atoms with Crippen molar-refractivity contribution in [3.8, 4) is 5.88 Å². The zero-order valence-electron chi connectivity index (χ0n) is 19.2. The van der Waals surface area contributed by atoms with Crippen LogP contribution in [0, 0.1) is 5.41 Å². The highest BCUT2D eigenvalue weighted by Crippen LogP contribution is 2.29. The highest BCUT2D eigenvalue weighted by atomic mass is 32.1. The Morgan fingerprint density at radius 1 is 1.00 bits per heavy atom. The van der Waals surface area contributed by atoms with Crippen LogP contribution in [0.3, 0.4) is 0 Å². The molecular weight excluding hydrogens is 492 g/mol. The van der Waals surface area contributed by atoms with E-state index >= 15 is 0 Å². The monoisotopic (exact) mass is 512 g/mol. The minimum Gasteiger partial charge on any atom is -0.480 e. The molecule has 0 saturated heterocycles. The van der Waals surface area contributed by atoms with Gasteiger partial charge in [-0.25, -0.2) is 10.2 Å². The SMILES string of the molecule is COc1ccc(N=C(OC(=N)N(OC)c2cc3c(=O)[nH]c(=O)[nH]c3s2)N(OC)c2ccccc2)nn1. The zero-order chi connectivity index (χ0) is 25.7. The van der Waals surface area contributed by atoms with Crippen LogP contribution in [-0.4, -0.2) is 53.5 Å². The molecule has 0 aliphatic heterocycles. The van der Waals surface area contributed by atoms with E-state index in [9.17, 15) is 9.59 Å². The molecule has 0 aliphatic rings. The first-order valence-electron chi connectivity index (χ1n) is 10.2. The maximum Gasteiger partial charge on any atom is 0.331 e. The smallest absolute Gasteiger partial charge is 0.331 e. The Morgan fingerprint density at radius 2 is 1.75 bits per heavy atom. The molecule has 186 valence electrons. The van der Waals surface area contributed by atoms with Crippen molar-refractivity contribution >= 4 is 50.1 Å². The maximum atomic E-state index is 12.1. The van der Waals surface area contributed by atoms with E-state index in [2.05, 4.69) is 25.2 Å². The number of hydrogen-bond donors (Lipinski definition) is 3. The number of aromatic amines is 2. The van der Waals surface area contributed by atoms with Gasteiger partial charge in [0.2, 0.25) is 5.88 Å². The molecule has 0 aliphatic carbocycles. The second kappa shape index (κ2) is 10.8. The quantitative estimate of drug-likeness (QED) is 0.197. The second-order valence-corrected chi connectivity index (χ2v) is 7.79. The molecule has 4 aromatic rings. The number of amidine groups is 2. The third-order valence-corrected chi connectivity index (χ3v) is 5.58. The number of methoxy groups -OCH3 is 1. The molecule has 0 saturated carbocycles. The molecule has 0 atom stereocenters. The predicted molar refractivity (Wildman–Crippen MR) is 133 cm³/mol. The summed E-state index contributed by atoms with van der Waals surface area (Å²) < 4.78 is 10.8. The lowest BCUT2D eigenvalue weighted by Gasteiger charge is -2.25. The summed E-state index contributed by atoms with van der Waals surface area (Å²) >= 11 is 1.02. The Balaban J connectivity index is 1.71. The van der Waals surface area contributed by atoms with E-state index in [4.69, 9.17) is 24.6 Å². The summed E-state index contributed by atoms with van der Waals surface area (Å²) in [6, 6.07) is 12.7. The number of benzene rings is 1. The Labute approximate surface area is 206 Å². The molecule has 3 aromatic heterocycles. The fourth-order valence-electron chi connectivity index (χ4n) is 2.99. The molecule has 4 rings (SSSR count). The van der Waals surface area contributed by atoms with Crippen molar-refractivity contribution in [2.45, 2.75) is 0 Å². The largest absolute Gasteiger partial charge is 0.480 e. The fraction of sp³-hybridized carbons (Fsp3) is 0.143. The number of hydroxylamine groups is 2. The third-order valence-electron chi connectivity index (χ3n) is 4.57. The van der Waals surface area contributed by atoms with Gasteiger partial charge in [-0.1, -0.05) is 29.5 Å². The Morgan fingerprint density at radius 3 is 2.39 bits per heavy atom. The van der Waals surface area contributed by atoms with E-state index in [1.54, 1.807) is 36.4 Å². The summed E-state index contributed by atoms with van der Waals surface area (Å²) in [5, 5.41) is 19.2. The molecule has 0 amide bonds. The highest BCUT2D eigenvalue weighted by molar-refractivity contribution is 7.22. The lowest BCUT2D eigenvalue weighted by molar-refractivity contribution is 0.178. The summed E-state index contributed by atoms with van der Waals surface area (Å²) in [6.45, 7) is 0. The van der Waals surface area contributed by atoms with Gasteiger partial charge < -0.3 is 9.47 Å². The van der Waals surface area contributed by atoms with Crippen LogP contribution in [-0.2, 0) is 14.4 Å². The summed E-state index contributed by atoms with van der Waals surface area (Å²) in [5.41, 5.74) is -0.678. The van der Waals surface area contributed by atoms with Crippen molar-refractivity contribution in [2.24, 2.45) is 4.99 Å². The van der Waals surface area contributed by atoms with Gasteiger partial charge in [0.25, 0.3) is 5.56 Å². The number of hydrogen-bond acceptors (Lipinski definition) is 11. The van der Waals surface area contributed by atoms with Gasteiger partial charge in [-0.3, -0.25) is 24.4 Å². The number of aromatic nitrogens is 4. The molecule has 0 radical (unpaired) electrons. The first-order chi connectivity index (χ1) is 17.4. The fourth-order valence-corrected chi connectivity index (χ4v) is 4.02. The van der Waals surface area contributed by atoms with E-state index in [1.807, 2.05) is 6.07 Å². The minimum absolute atomic E-state index is 0.145. The molecule has 3 N–H and O–H groups in total. The van der Waals surface area contributed by atoms with Crippen molar-refractivity contribution < 1.29 is 19.1 Å². The van der Waals surface area contributed by atoms with Crippen LogP contribution in [0.5, 0.6) is 5.88 Å². The van der Waals surface area contributed by atoms with Gasteiger partial charge in [-0.2, -0.15) is 15.1 Å². The average molecular weight is 513 g/mol. The lowest BCUT2D eigenvalue weighted by Crippen LogP contribution is -2.39. The molecule has 14 nitrogen and oxygen atoms in total. The van der Waals surface area contributed by atoms with Gasteiger partial charge in [-0.15, -0.1) is 10.2 Å². The molecular formula is C21H20N8O6S. The van der Waals surface area contributed by atoms with Gasteiger partial charge >= 0.3 is 17.7 Å². The number of nitrogens with one attached hydrogen (secondary N) is 3. The van der Waals surface area contributed by atoms with Crippen LogP contribution in [0.2, 0.25) is 0 Å². The molecule has 0 unspecified atom stereocenters. The average Bonchev–Trinajstić information content (AvgIpc) is 3.30. The van der Waals surface area contributed by atoms with Crippen molar-refractivity contribution in [1.29, 1.82) is 5.41 Å². The summed E-state index contributed by atoms with van der Waals surface area (Å²) in [5.74, 6) is 0.436. The molecule has 3 heterocycles. The van der Waals surface area contributed by atoms with Gasteiger partial charge in [-0.05, 0) is 24.3 Å². The highest BCUT2D eigenvalue weighted by Gasteiger charge is 2.24. The Hall–Kier alpha value is -4.60. The van der Waals surface area contributed by atoms with Gasteiger partial charge in [0, 0.05) is 6.07 Å². The van der Waals surface area contributed by atoms with Crippen LogP contribution < -0.4 is 26.1 Å². The van der Waals surface area contributed by atoms with E-state index in [0.717, 1.165) is 16.4 Å². The standard InChI is InChI=1S/C21H20N8O6S/c1-32-15-10-9-14(26-27-15)23-21(28(33-2)12-7-5-4-6-8-12)35-19(22)29(34-3)16-11-13-17(30)24-20(31)25-18(13)36-16/h4-11,22H,1-3H3,(H2,24,25,30,31). The first-order valence-corrected chi connectivity index (χ1v) is 11.0. The second-order valence-electron chi connectivity index (χ2n) is 6.76. The molecule has 36 heavy (non-hydrogen) atoms. The molecule has 1 aromatic carbocycles. The molecule has 15 heteroatoms. The number of H-pyrrole nitrogens is 2. The number of ether oxygens (including phenoxy) is 2. The van der Waals surface area contributed by atoms with E-state index in [1.165, 1.54) is 32.5 Å². The third kappa shape index (κ3) is 5.22. The number of para-hydroxylation sites is 1. The van der Waals surface area contributed by atoms with Gasteiger partial charge in [0.05, 0.1) is 32.4 Å². The number of fused-ring (bicyclic) bond motifs is 1. The normalized spacial score (nSPS) is 11.4. The van der Waals surface area contributed by atoms with Crippen molar-refractivity contribution in [3.63, 3.8) is 0 Å². The maximum absolute atomic E-state index is 12.1. The summed E-state index contributed by atoms with van der Waals surface area (Å²) in [7, 11) is 4.17. The predicted octanol–water partition coefficient (Wildman–Crippen LogP) is 2.15. The molecule has 0 fully saturated rings. The summed E-state index contributed by atoms with van der Waals surface area (Å²) in [6.07, 6.45) is 0. The zero-order valence-corrected chi connectivity index (χ0v) is 20.0. The van der Waals surface area contributed by atoms with Crippen LogP contribution in [0.4, 0.5) is 16.5 Å². The van der Waals surface area contributed by atoms with Gasteiger partial charge in [0.1, 0.15) is 9.83 Å². The Kier molecular flexibility index (Phi) is 7.33. The first kappa shape index (κ1) is 24.5. The summed E-state index contributed by atoms with van der Waals surface area (Å²) in [4.78, 5) is 43.9. The topological polar surface area (TPSA) is 171 Å². The number of anilines is 2. The van der Waals surface area contributed by atoms with E-state index < -0.39 is 17.3 Å². The van der Waals surface area contributed by atoms with Gasteiger partial charge in [0.15, 0.2) is 5.82 Å². The minimum atomic E-state index is -0.648. The van der Waals surface area contributed by atoms with Crippen LogP contribution in [0.1, 0.15) is 0 Å². The lowest BCUT2D eigenvalue weighted by atomic mass is 10.3. The number of nitrogens with zero attached hydrogens (tertiary/aromatic N) is 5. The van der Waals surface area contributed by atoms with Crippen LogP contribution in [0.15, 0.2) is 63.1 Å². The van der Waals surface area contributed by atoms with E-state index in [0.29, 0.717) is 16.4 Å². The van der Waals surface area contributed by atoms with E-state index in [-0.39, 0.29) is 22.2 Å². The Bertz CT molecular complexity index is 1500. The van der Waals surface area contributed by atoms with Crippen molar-refractivity contribution in [2.75, 3.05) is 31.5 Å². The molecule has 0 spiro atoms. The van der Waals surface area contributed by atoms with Crippen LogP contribution in [0.25, 0.3) is 10.2 Å². The number of aliphatic imine (C=N–C) groups is 1. The van der Waals surface area contributed by atoms with Crippen LogP contribution >= 0.6 is 11.3 Å². The number of thiophene rings is 1. The number of rotatable bonds is 6. The van der Waals surface area contributed by atoms with Crippen molar-refractivity contribution in [1.82, 2.24) is 20.2 Å². The van der Waals surface area contributed by atoms with Crippen molar-refractivity contribution in [3.05, 3.63) is 69.4 Å².